The molecule has 4 heterocycles. The minimum Gasteiger partial charge on any atom is -0.456 e. The molecule has 37 heavy (non-hydrogen) atoms. The third-order valence-corrected chi connectivity index (χ3v) is 6.99. The summed E-state index contributed by atoms with van der Waals surface area (Å²) in [6.45, 7) is 2.17. The molecule has 0 saturated carbocycles. The predicted molar refractivity (Wildman–Crippen MR) is 140 cm³/mol. The first-order valence-corrected chi connectivity index (χ1v) is 12.4. The molecular formula is C28H24ClFN4O3. The smallest absolute Gasteiger partial charge is 0.249 e. The van der Waals surface area contributed by atoms with E-state index in [1.807, 2.05) is 36.4 Å². The quantitative estimate of drug-likeness (QED) is 0.301. The number of morpholine rings is 1. The maximum absolute atomic E-state index is 14.2. The summed E-state index contributed by atoms with van der Waals surface area (Å²) in [4.78, 5) is 20.4. The average molecular weight is 519 g/mol. The van der Waals surface area contributed by atoms with Crippen LogP contribution in [-0.2, 0) is 17.7 Å². The number of halogens is 2. The number of H-pyrrole nitrogens is 1. The lowest BCUT2D eigenvalue weighted by Gasteiger charge is -2.36. The second kappa shape index (κ2) is 9.88. The van der Waals surface area contributed by atoms with E-state index in [2.05, 4.69) is 26.3 Å². The van der Waals surface area contributed by atoms with Crippen LogP contribution in [0.25, 0.3) is 0 Å². The number of anilines is 2. The lowest BCUT2D eigenvalue weighted by atomic mass is 9.95. The molecule has 0 spiro atoms. The van der Waals surface area contributed by atoms with E-state index >= 15 is 0 Å². The average Bonchev–Trinajstić information content (AvgIpc) is 2.92. The zero-order valence-corrected chi connectivity index (χ0v) is 20.6. The number of nitrogens with zero attached hydrogens (tertiary/aromatic N) is 2. The molecule has 9 heteroatoms. The minimum absolute atomic E-state index is 0.124. The van der Waals surface area contributed by atoms with Gasteiger partial charge in [0.1, 0.15) is 17.6 Å². The van der Waals surface area contributed by atoms with Crippen LogP contribution < -0.4 is 20.5 Å². The van der Waals surface area contributed by atoms with Gasteiger partial charge in [-0.3, -0.25) is 4.79 Å². The van der Waals surface area contributed by atoms with Gasteiger partial charge in [-0.2, -0.15) is 0 Å². The molecule has 2 N–H and O–H groups in total. The first kappa shape index (κ1) is 23.5. The summed E-state index contributed by atoms with van der Waals surface area (Å²) in [5.74, 6) is 1.09. The van der Waals surface area contributed by atoms with Crippen molar-refractivity contribution in [2.24, 2.45) is 0 Å². The van der Waals surface area contributed by atoms with Crippen LogP contribution in [0.2, 0.25) is 5.15 Å². The third-order valence-electron chi connectivity index (χ3n) is 6.73. The number of para-hydroxylation sites is 1. The summed E-state index contributed by atoms with van der Waals surface area (Å²) in [5.41, 5.74) is 5.17. The lowest BCUT2D eigenvalue weighted by molar-refractivity contribution is 0.0384. The zero-order valence-electron chi connectivity index (χ0n) is 19.8. The number of aromatic amines is 1. The van der Waals surface area contributed by atoms with Crippen molar-refractivity contribution in [2.45, 2.75) is 19.1 Å². The van der Waals surface area contributed by atoms with Crippen LogP contribution in [0, 0.1) is 5.82 Å². The number of rotatable bonds is 5. The number of hydrogen-bond donors (Lipinski definition) is 2. The fourth-order valence-corrected chi connectivity index (χ4v) is 5.03. The Morgan fingerprint density at radius 2 is 2.08 bits per heavy atom. The van der Waals surface area contributed by atoms with E-state index in [0.717, 1.165) is 39.6 Å². The summed E-state index contributed by atoms with van der Waals surface area (Å²) < 4.78 is 26.7. The highest BCUT2D eigenvalue weighted by Gasteiger charge is 2.28. The molecule has 1 fully saturated rings. The molecule has 4 aromatic rings. The molecular weight excluding hydrogens is 495 g/mol. The van der Waals surface area contributed by atoms with E-state index in [1.54, 1.807) is 18.3 Å². The second-order valence-electron chi connectivity index (χ2n) is 9.08. The van der Waals surface area contributed by atoms with Gasteiger partial charge >= 0.3 is 0 Å². The first-order valence-electron chi connectivity index (χ1n) is 12.1. The highest BCUT2D eigenvalue weighted by Crippen LogP contribution is 2.43. The van der Waals surface area contributed by atoms with Crippen LogP contribution in [0.15, 0.2) is 71.8 Å². The van der Waals surface area contributed by atoms with Gasteiger partial charge in [0.05, 0.1) is 6.61 Å². The molecule has 7 nitrogen and oxygen atoms in total. The van der Waals surface area contributed by atoms with Gasteiger partial charge in [0.25, 0.3) is 0 Å². The maximum atomic E-state index is 14.2. The largest absolute Gasteiger partial charge is 0.456 e. The summed E-state index contributed by atoms with van der Waals surface area (Å²) in [6.07, 6.45) is 3.67. The molecule has 0 radical (unpaired) electrons. The van der Waals surface area contributed by atoms with Crippen molar-refractivity contribution in [3.8, 4) is 11.5 Å². The fraction of sp³-hybridized carbons (Fsp3) is 0.214. The predicted octanol–water partition coefficient (Wildman–Crippen LogP) is 5.45. The Hall–Kier alpha value is -3.88. The van der Waals surface area contributed by atoms with Crippen molar-refractivity contribution < 1.29 is 13.9 Å². The van der Waals surface area contributed by atoms with Crippen LogP contribution in [-0.4, -0.2) is 29.7 Å². The number of benzene rings is 2. The summed E-state index contributed by atoms with van der Waals surface area (Å²) >= 11 is 5.80. The van der Waals surface area contributed by atoms with Crippen molar-refractivity contribution in [3.05, 3.63) is 111 Å². The number of fused-ring (bicyclic) bond motifs is 2. The Kier molecular flexibility index (Phi) is 6.28. The number of pyridine rings is 2. The first-order chi connectivity index (χ1) is 18.0. The van der Waals surface area contributed by atoms with Gasteiger partial charge in [-0.15, -0.1) is 0 Å². The molecule has 1 saturated heterocycles. The van der Waals surface area contributed by atoms with E-state index in [-0.39, 0.29) is 23.4 Å². The maximum Gasteiger partial charge on any atom is 0.249 e. The molecule has 2 aliphatic heterocycles. The molecule has 6 rings (SSSR count). The molecule has 188 valence electrons. The Labute approximate surface area is 217 Å². The lowest BCUT2D eigenvalue weighted by Crippen LogP contribution is -2.39. The molecule has 2 aromatic carbocycles. The van der Waals surface area contributed by atoms with E-state index in [4.69, 9.17) is 21.1 Å². The van der Waals surface area contributed by atoms with Gasteiger partial charge in [-0.1, -0.05) is 29.8 Å². The van der Waals surface area contributed by atoms with Crippen LogP contribution >= 0.6 is 11.6 Å². The molecule has 1 unspecified atom stereocenters. The molecule has 0 aliphatic carbocycles. The van der Waals surface area contributed by atoms with Crippen LogP contribution in [0.5, 0.6) is 11.5 Å². The van der Waals surface area contributed by atoms with E-state index in [0.29, 0.717) is 31.7 Å². The van der Waals surface area contributed by atoms with Crippen molar-refractivity contribution >= 4 is 23.0 Å². The van der Waals surface area contributed by atoms with Gasteiger partial charge in [0, 0.05) is 72.6 Å². The van der Waals surface area contributed by atoms with E-state index in [9.17, 15) is 9.18 Å². The van der Waals surface area contributed by atoms with Gasteiger partial charge in [-0.25, -0.2) is 9.37 Å². The van der Waals surface area contributed by atoms with Gasteiger partial charge in [0.15, 0.2) is 11.0 Å². The number of nitrogens with one attached hydrogen (secondary N) is 2. The van der Waals surface area contributed by atoms with Crippen molar-refractivity contribution in [1.29, 1.82) is 0 Å². The standard InChI is InChI=1S/C28H24ClFN4O3/c29-28-26(30)18(6-8-32-28)15-33-20-4-5-23-19(13-20)12-17-2-1-3-22(27(17)37-23)24-16-34(10-11-36-24)21-7-9-31-25(35)14-21/h1-9,13-14,24,33H,10-12,15-16H2,(H,31,35). The molecule has 0 amide bonds. The highest BCUT2D eigenvalue weighted by molar-refractivity contribution is 6.29. The van der Waals surface area contributed by atoms with E-state index < -0.39 is 5.82 Å². The third kappa shape index (κ3) is 4.77. The Bertz CT molecular complexity index is 1530. The van der Waals surface area contributed by atoms with Crippen molar-refractivity contribution in [2.75, 3.05) is 29.9 Å². The second-order valence-corrected chi connectivity index (χ2v) is 9.44. The SMILES string of the molecule is O=c1cc(N2CCOC(c3cccc4c3Oc3ccc(NCc5ccnc(Cl)c5F)cc3C4)C2)cc[nH]1. The van der Waals surface area contributed by atoms with E-state index in [1.165, 1.54) is 6.20 Å². The molecule has 2 aliphatic rings. The zero-order chi connectivity index (χ0) is 25.4. The van der Waals surface area contributed by atoms with Crippen LogP contribution in [0.3, 0.4) is 0 Å². The minimum atomic E-state index is -0.512. The normalized spacial score (nSPS) is 16.5. The van der Waals surface area contributed by atoms with Gasteiger partial charge < -0.3 is 24.7 Å². The number of aromatic nitrogens is 2. The fourth-order valence-electron chi connectivity index (χ4n) is 4.85. The van der Waals surface area contributed by atoms with Gasteiger partial charge in [0.2, 0.25) is 5.56 Å². The highest BCUT2D eigenvalue weighted by atomic mass is 35.5. The number of hydrogen-bond acceptors (Lipinski definition) is 6. The topological polar surface area (TPSA) is 79.5 Å². The Balaban J connectivity index is 1.20. The molecule has 0 bridgehead atoms. The Morgan fingerprint density at radius 3 is 2.97 bits per heavy atom. The van der Waals surface area contributed by atoms with Crippen LogP contribution in [0.4, 0.5) is 15.8 Å². The van der Waals surface area contributed by atoms with Crippen molar-refractivity contribution in [3.63, 3.8) is 0 Å². The molecule has 1 atom stereocenters. The summed E-state index contributed by atoms with van der Waals surface area (Å²) in [5, 5.41) is 3.13. The monoisotopic (exact) mass is 518 g/mol. The molecule has 2 aromatic heterocycles. The Morgan fingerprint density at radius 1 is 1.16 bits per heavy atom. The van der Waals surface area contributed by atoms with Gasteiger partial charge in [-0.05, 0) is 35.9 Å². The summed E-state index contributed by atoms with van der Waals surface area (Å²) in [7, 11) is 0. The van der Waals surface area contributed by atoms with Crippen LogP contribution in [0.1, 0.15) is 28.4 Å². The van der Waals surface area contributed by atoms with Crippen molar-refractivity contribution in [1.82, 2.24) is 9.97 Å². The summed E-state index contributed by atoms with van der Waals surface area (Å²) in [6, 6.07) is 17.1. The number of ether oxygens (including phenoxy) is 2.